The van der Waals surface area contributed by atoms with Crippen LogP contribution < -0.4 is 0 Å². The normalized spacial score (nSPS) is 21.2. The fourth-order valence-electron chi connectivity index (χ4n) is 0.594. The second kappa shape index (κ2) is 2.51. The van der Waals surface area contributed by atoms with E-state index in [2.05, 4.69) is 20.1 Å². The van der Waals surface area contributed by atoms with E-state index in [0.29, 0.717) is 6.54 Å². The first-order valence-corrected chi connectivity index (χ1v) is 2.68. The van der Waals surface area contributed by atoms with Gasteiger partial charge in [-0.3, -0.25) is 4.99 Å². The monoisotopic (exact) mass is 143 g/mol. The van der Waals surface area contributed by atoms with E-state index < -0.39 is 5.85 Å². The molecule has 0 radical (unpaired) electrons. The van der Waals surface area contributed by atoms with E-state index in [0.717, 1.165) is 6.40 Å². The summed E-state index contributed by atoms with van der Waals surface area (Å²) >= 11 is 0. The van der Waals surface area contributed by atoms with Crippen LogP contribution in [0, 0.1) is 9.81 Å². The lowest BCUT2D eigenvalue weighted by Gasteiger charge is -2.18. The van der Waals surface area contributed by atoms with Crippen molar-refractivity contribution >= 4 is 6.40 Å². The van der Waals surface area contributed by atoms with Gasteiger partial charge >= 0.3 is 5.85 Å². The molecule has 1 aliphatic heterocycles. The Labute approximate surface area is 56.2 Å². The van der Waals surface area contributed by atoms with E-state index in [4.69, 9.17) is 0 Å². The molecule has 1 rings (SSSR count). The smallest absolute Gasteiger partial charge is 0.375 e. The van der Waals surface area contributed by atoms with E-state index in [1.165, 1.54) is 0 Å². The lowest BCUT2D eigenvalue weighted by Crippen LogP contribution is -2.30. The summed E-state index contributed by atoms with van der Waals surface area (Å²) in [5, 5.41) is 4.91. The third-order valence-electron chi connectivity index (χ3n) is 1.17. The summed E-state index contributed by atoms with van der Waals surface area (Å²) < 4.78 is 4.51. The molecule has 0 fully saturated rings. The fraction of sp³-hybridized carbons (Fsp3) is 0.750. The summed E-state index contributed by atoms with van der Waals surface area (Å²) in [6, 6.07) is 0. The number of nitrogens with zero attached hydrogens (tertiary/aromatic N) is 3. The van der Waals surface area contributed by atoms with Gasteiger partial charge in [-0.2, -0.15) is 0 Å². The molecule has 0 saturated heterocycles. The number of nitroso groups, excluding NO2 is 2. The highest BCUT2D eigenvalue weighted by Crippen LogP contribution is 2.20. The number of aliphatic imine (C=N–C) groups is 1. The number of rotatable bonds is 2. The van der Waals surface area contributed by atoms with Gasteiger partial charge in [-0.1, -0.05) is 0 Å². The molecule has 6 nitrogen and oxygen atoms in total. The van der Waals surface area contributed by atoms with E-state index in [-0.39, 0.29) is 6.42 Å². The highest BCUT2D eigenvalue weighted by atomic mass is 16.6. The Morgan fingerprint density at radius 2 is 2.20 bits per heavy atom. The zero-order chi connectivity index (χ0) is 7.45. The van der Waals surface area contributed by atoms with E-state index in [1.54, 1.807) is 0 Å². The van der Waals surface area contributed by atoms with Crippen molar-refractivity contribution < 1.29 is 4.74 Å². The summed E-state index contributed by atoms with van der Waals surface area (Å²) in [6.45, 7) is 0.345. The fourth-order valence-corrected chi connectivity index (χ4v) is 0.594. The molecule has 0 aromatic rings. The van der Waals surface area contributed by atoms with Crippen LogP contribution in [0.1, 0.15) is 6.42 Å². The van der Waals surface area contributed by atoms with Crippen LogP contribution in [0.5, 0.6) is 0 Å². The van der Waals surface area contributed by atoms with Crippen molar-refractivity contribution in [3.05, 3.63) is 9.81 Å². The molecule has 0 amide bonds. The Bertz CT molecular complexity index is 171. The lowest BCUT2D eigenvalue weighted by atomic mass is 10.3. The van der Waals surface area contributed by atoms with Gasteiger partial charge in [-0.25, -0.2) is 0 Å². The van der Waals surface area contributed by atoms with Gasteiger partial charge in [0.2, 0.25) is 0 Å². The van der Waals surface area contributed by atoms with Gasteiger partial charge in [0.25, 0.3) is 0 Å². The van der Waals surface area contributed by atoms with Crippen LogP contribution >= 0.6 is 0 Å². The van der Waals surface area contributed by atoms with Gasteiger partial charge < -0.3 is 4.74 Å². The maximum atomic E-state index is 9.98. The predicted octanol–water partition coefficient (Wildman–Crippen LogP) is 0.622. The van der Waals surface area contributed by atoms with Crippen LogP contribution in [0.2, 0.25) is 0 Å². The Hall–Kier alpha value is -1.33. The SMILES string of the molecule is O=NC1(N=O)CCN=CO1. The van der Waals surface area contributed by atoms with E-state index >= 15 is 0 Å². The average Bonchev–Trinajstić information content (AvgIpc) is 2.06. The first kappa shape index (κ1) is 6.79. The average molecular weight is 143 g/mol. The summed E-state index contributed by atoms with van der Waals surface area (Å²) in [6.07, 6.45) is 1.14. The minimum absolute atomic E-state index is 0.122. The van der Waals surface area contributed by atoms with Crippen molar-refractivity contribution in [1.82, 2.24) is 0 Å². The number of ether oxygens (including phenoxy) is 1. The molecule has 0 aromatic carbocycles. The number of hydrogen-bond donors (Lipinski definition) is 0. The second-order valence-electron chi connectivity index (χ2n) is 1.81. The molecule has 0 atom stereocenters. The topological polar surface area (TPSA) is 80.5 Å². The molecule has 0 unspecified atom stereocenters. The lowest BCUT2D eigenvalue weighted by molar-refractivity contribution is 0.0618. The van der Waals surface area contributed by atoms with E-state index in [1.807, 2.05) is 0 Å². The summed E-state index contributed by atoms with van der Waals surface area (Å²) in [5.41, 5.74) is 0. The minimum atomic E-state index is -1.75. The maximum Gasteiger partial charge on any atom is 0.375 e. The molecule has 0 N–H and O–H groups in total. The molecule has 54 valence electrons. The van der Waals surface area contributed by atoms with Crippen LogP contribution in [0.15, 0.2) is 15.3 Å². The van der Waals surface area contributed by atoms with Crippen LogP contribution in [0.25, 0.3) is 0 Å². The van der Waals surface area contributed by atoms with Crippen LogP contribution in [0.3, 0.4) is 0 Å². The van der Waals surface area contributed by atoms with E-state index in [9.17, 15) is 9.81 Å². The van der Waals surface area contributed by atoms with Crippen LogP contribution in [0.4, 0.5) is 0 Å². The summed E-state index contributed by atoms with van der Waals surface area (Å²) in [7, 11) is 0. The highest BCUT2D eigenvalue weighted by molar-refractivity contribution is 5.48. The quantitative estimate of drug-likeness (QED) is 0.531. The third-order valence-corrected chi connectivity index (χ3v) is 1.17. The highest BCUT2D eigenvalue weighted by Gasteiger charge is 2.36. The van der Waals surface area contributed by atoms with Crippen molar-refractivity contribution in [3.8, 4) is 0 Å². The Morgan fingerprint density at radius 3 is 2.50 bits per heavy atom. The molecule has 0 aromatic heterocycles. The van der Waals surface area contributed by atoms with Gasteiger partial charge in [-0.15, -0.1) is 9.81 Å². The number of hydrogen-bond acceptors (Lipinski definition) is 6. The zero-order valence-electron chi connectivity index (χ0n) is 5.06. The summed E-state index contributed by atoms with van der Waals surface area (Å²) in [4.78, 5) is 23.6. The standard InChI is InChI=1S/C4H5N3O3/c8-6-4(7-9)1-2-5-3-10-4/h3H,1-2H2. The largest absolute Gasteiger partial charge is 0.432 e. The molecule has 0 aliphatic carbocycles. The molecular weight excluding hydrogens is 138 g/mol. The Kier molecular flexibility index (Phi) is 1.70. The summed E-state index contributed by atoms with van der Waals surface area (Å²) in [5.74, 6) is -1.75. The van der Waals surface area contributed by atoms with Gasteiger partial charge in [0.15, 0.2) is 6.40 Å². The van der Waals surface area contributed by atoms with Gasteiger partial charge in [0, 0.05) is 10.4 Å². The van der Waals surface area contributed by atoms with Crippen molar-refractivity contribution in [2.45, 2.75) is 12.3 Å². The Balaban J connectivity index is 2.73. The predicted molar refractivity (Wildman–Crippen MR) is 33.4 cm³/mol. The molecule has 10 heavy (non-hydrogen) atoms. The minimum Gasteiger partial charge on any atom is -0.432 e. The third kappa shape index (κ3) is 0.996. The molecule has 0 spiro atoms. The van der Waals surface area contributed by atoms with Crippen LogP contribution in [-0.4, -0.2) is 18.8 Å². The Morgan fingerprint density at radius 1 is 1.50 bits per heavy atom. The van der Waals surface area contributed by atoms with Gasteiger partial charge in [0.1, 0.15) is 0 Å². The molecular formula is C4H5N3O3. The molecule has 1 heterocycles. The first-order chi connectivity index (χ1) is 4.83. The molecule has 1 aliphatic rings. The van der Waals surface area contributed by atoms with Crippen molar-refractivity contribution in [2.75, 3.05) is 6.54 Å². The molecule has 0 bridgehead atoms. The van der Waals surface area contributed by atoms with Crippen LogP contribution in [-0.2, 0) is 4.74 Å². The first-order valence-electron chi connectivity index (χ1n) is 2.68. The van der Waals surface area contributed by atoms with Gasteiger partial charge in [0.05, 0.1) is 13.0 Å². The maximum absolute atomic E-state index is 9.98. The van der Waals surface area contributed by atoms with Crippen molar-refractivity contribution in [1.29, 1.82) is 0 Å². The second-order valence-corrected chi connectivity index (χ2v) is 1.81. The van der Waals surface area contributed by atoms with Crippen molar-refractivity contribution in [2.24, 2.45) is 15.3 Å². The van der Waals surface area contributed by atoms with Crippen molar-refractivity contribution in [3.63, 3.8) is 0 Å². The molecule has 0 saturated carbocycles. The zero-order valence-corrected chi connectivity index (χ0v) is 5.06. The molecule has 6 heteroatoms. The van der Waals surface area contributed by atoms with Gasteiger partial charge in [-0.05, 0) is 0 Å².